The number of nitrogens with one attached hydrogen (secondary N) is 1. The smallest absolute Gasteiger partial charge is 0.345 e. The molecule has 1 aliphatic heterocycles. The van der Waals surface area contributed by atoms with Gasteiger partial charge in [-0.2, -0.15) is 0 Å². The number of anilines is 1. The molecule has 2 aliphatic rings. The first-order valence-corrected chi connectivity index (χ1v) is 11.6. The minimum atomic E-state index is -0.442. The van der Waals surface area contributed by atoms with Crippen LogP contribution in [-0.4, -0.2) is 10.9 Å². The molecule has 0 radical (unpaired) electrons. The third-order valence-electron chi connectivity index (χ3n) is 6.99. The van der Waals surface area contributed by atoms with E-state index in [-0.39, 0.29) is 28.5 Å². The number of benzene rings is 4. The summed E-state index contributed by atoms with van der Waals surface area (Å²) in [6.45, 7) is 0. The number of fused-ring (bicyclic) bond motifs is 4. The van der Waals surface area contributed by atoms with Gasteiger partial charge in [0.15, 0.2) is 0 Å². The molecule has 0 saturated heterocycles. The minimum absolute atomic E-state index is 0.0570. The van der Waals surface area contributed by atoms with Crippen LogP contribution in [0.15, 0.2) is 97.1 Å². The lowest BCUT2D eigenvalue weighted by Gasteiger charge is -2.38. The molecular weight excluding hydrogens is 440 g/mol. The topological polar surface area (TPSA) is 81.5 Å². The summed E-state index contributed by atoms with van der Waals surface area (Å²) in [7, 11) is 0. The molecule has 4 aromatic carbocycles. The standard InChI is InChI=1S/C29H22N2O4/c32-29(35-22-15-14-18-6-1-2-7-19(18)17-22)26-13-5-12-25-23-10-4-11-24(23)27(30-28(25)26)20-8-3-9-21(16-20)31(33)34/h1-10,12-17,23-24,27,30H,11H2/t23-,24-,27-/m0/s1. The van der Waals surface area contributed by atoms with Crippen LogP contribution in [0.4, 0.5) is 11.4 Å². The Morgan fingerprint density at radius 2 is 1.77 bits per heavy atom. The van der Waals surface area contributed by atoms with Crippen LogP contribution in [-0.2, 0) is 0 Å². The second-order valence-corrected chi connectivity index (χ2v) is 9.00. The Bertz CT molecular complexity index is 1510. The Hall–Kier alpha value is -4.45. The average Bonchev–Trinajstić information content (AvgIpc) is 3.38. The number of nitro groups is 1. The fourth-order valence-electron chi connectivity index (χ4n) is 5.35. The zero-order valence-corrected chi connectivity index (χ0v) is 18.8. The van der Waals surface area contributed by atoms with Gasteiger partial charge >= 0.3 is 5.97 Å². The van der Waals surface area contributed by atoms with E-state index in [4.69, 9.17) is 4.74 Å². The van der Waals surface area contributed by atoms with Crippen molar-refractivity contribution in [3.63, 3.8) is 0 Å². The molecule has 0 spiro atoms. The van der Waals surface area contributed by atoms with Crippen molar-refractivity contribution in [2.45, 2.75) is 18.4 Å². The van der Waals surface area contributed by atoms with Crippen molar-refractivity contribution in [3.8, 4) is 5.75 Å². The monoisotopic (exact) mass is 462 g/mol. The molecule has 1 N–H and O–H groups in total. The molecule has 6 rings (SSSR count). The van der Waals surface area contributed by atoms with E-state index in [9.17, 15) is 14.9 Å². The van der Waals surface area contributed by atoms with Crippen LogP contribution < -0.4 is 10.1 Å². The summed E-state index contributed by atoms with van der Waals surface area (Å²) >= 11 is 0. The van der Waals surface area contributed by atoms with Crippen LogP contribution in [0.25, 0.3) is 10.8 Å². The van der Waals surface area contributed by atoms with E-state index in [1.807, 2.05) is 54.6 Å². The molecule has 1 heterocycles. The number of nitro benzene ring substituents is 1. The zero-order chi connectivity index (χ0) is 23.9. The maximum Gasteiger partial charge on any atom is 0.345 e. The van der Waals surface area contributed by atoms with Crippen molar-refractivity contribution in [2.75, 3.05) is 5.32 Å². The highest BCUT2D eigenvalue weighted by Crippen LogP contribution is 2.51. The van der Waals surface area contributed by atoms with Crippen LogP contribution in [0.1, 0.15) is 39.9 Å². The number of non-ortho nitro benzene ring substituents is 1. The molecular formula is C29H22N2O4. The number of carbonyl (C=O) groups excluding carboxylic acids is 1. The molecule has 6 nitrogen and oxygen atoms in total. The maximum atomic E-state index is 13.3. The fourth-order valence-corrected chi connectivity index (χ4v) is 5.35. The number of esters is 1. The van der Waals surface area contributed by atoms with Gasteiger partial charge in [0.25, 0.3) is 5.69 Å². The second kappa shape index (κ2) is 8.40. The van der Waals surface area contributed by atoms with Crippen molar-refractivity contribution in [2.24, 2.45) is 5.92 Å². The van der Waals surface area contributed by atoms with Crippen molar-refractivity contribution in [1.29, 1.82) is 0 Å². The lowest BCUT2D eigenvalue weighted by Crippen LogP contribution is -2.30. The lowest BCUT2D eigenvalue weighted by atomic mass is 9.76. The van der Waals surface area contributed by atoms with Crippen molar-refractivity contribution in [3.05, 3.63) is 124 Å². The van der Waals surface area contributed by atoms with Crippen LogP contribution in [0.3, 0.4) is 0 Å². The fraction of sp³-hybridized carbons (Fsp3) is 0.138. The van der Waals surface area contributed by atoms with Gasteiger partial charge in [-0.3, -0.25) is 10.1 Å². The van der Waals surface area contributed by atoms with Gasteiger partial charge in [-0.25, -0.2) is 4.79 Å². The maximum absolute atomic E-state index is 13.3. The highest BCUT2D eigenvalue weighted by atomic mass is 16.6. The van der Waals surface area contributed by atoms with E-state index in [1.54, 1.807) is 24.3 Å². The highest BCUT2D eigenvalue weighted by Gasteiger charge is 2.39. The van der Waals surface area contributed by atoms with Crippen LogP contribution >= 0.6 is 0 Å². The molecule has 0 aromatic heterocycles. The third-order valence-corrected chi connectivity index (χ3v) is 6.99. The first kappa shape index (κ1) is 21.1. The lowest BCUT2D eigenvalue weighted by molar-refractivity contribution is -0.384. The molecule has 1 aliphatic carbocycles. The number of allylic oxidation sites excluding steroid dienone is 2. The summed E-state index contributed by atoms with van der Waals surface area (Å²) in [5.74, 6) is 0.360. The molecule has 0 amide bonds. The highest BCUT2D eigenvalue weighted by molar-refractivity contribution is 5.98. The summed E-state index contributed by atoms with van der Waals surface area (Å²) in [5.41, 5.74) is 3.11. The van der Waals surface area contributed by atoms with Crippen LogP contribution in [0.2, 0.25) is 0 Å². The first-order chi connectivity index (χ1) is 17.1. The SMILES string of the molecule is O=C(Oc1ccc2ccccc2c1)c1cccc2c1N[C@@H](c1cccc([N+](=O)[O-])c1)[C@H]1CC=C[C@H]21. The Morgan fingerprint density at radius 1 is 0.943 bits per heavy atom. The first-order valence-electron chi connectivity index (χ1n) is 11.6. The van der Waals surface area contributed by atoms with E-state index < -0.39 is 5.97 Å². The zero-order valence-electron chi connectivity index (χ0n) is 18.8. The summed E-state index contributed by atoms with van der Waals surface area (Å²) in [6.07, 6.45) is 5.18. The van der Waals surface area contributed by atoms with Gasteiger partial charge in [0.05, 0.1) is 22.2 Å². The van der Waals surface area contributed by atoms with Crippen molar-refractivity contribution in [1.82, 2.24) is 0 Å². The van der Waals surface area contributed by atoms with E-state index in [0.717, 1.165) is 34.0 Å². The van der Waals surface area contributed by atoms with Crippen LogP contribution in [0, 0.1) is 16.0 Å². The summed E-state index contributed by atoms with van der Waals surface area (Å²) in [5, 5.41) is 17.0. The van der Waals surface area contributed by atoms with E-state index >= 15 is 0 Å². The second-order valence-electron chi connectivity index (χ2n) is 9.00. The number of hydrogen-bond acceptors (Lipinski definition) is 5. The predicted octanol–water partition coefficient (Wildman–Crippen LogP) is 6.79. The van der Waals surface area contributed by atoms with Crippen molar-refractivity contribution >= 4 is 28.1 Å². The van der Waals surface area contributed by atoms with E-state index in [2.05, 4.69) is 17.5 Å². The molecule has 3 atom stereocenters. The molecule has 172 valence electrons. The average molecular weight is 463 g/mol. The molecule has 6 heteroatoms. The van der Waals surface area contributed by atoms with Gasteiger partial charge < -0.3 is 10.1 Å². The Morgan fingerprint density at radius 3 is 2.63 bits per heavy atom. The van der Waals surface area contributed by atoms with Gasteiger partial charge in [-0.1, -0.05) is 66.7 Å². The number of ether oxygens (including phenoxy) is 1. The Labute approximate surface area is 202 Å². The summed E-state index contributed by atoms with van der Waals surface area (Å²) < 4.78 is 5.79. The molecule has 4 aromatic rings. The van der Waals surface area contributed by atoms with Gasteiger partial charge in [-0.15, -0.1) is 0 Å². The Kier molecular flexibility index (Phi) is 5.07. The molecule has 0 fully saturated rings. The number of nitrogens with zero attached hydrogens (tertiary/aromatic N) is 1. The van der Waals surface area contributed by atoms with Gasteiger partial charge in [-0.05, 0) is 52.4 Å². The van der Waals surface area contributed by atoms with Gasteiger partial charge in [0.1, 0.15) is 5.75 Å². The van der Waals surface area contributed by atoms with Gasteiger partial charge in [0, 0.05) is 18.1 Å². The quantitative estimate of drug-likeness (QED) is 0.119. The number of hydrogen-bond donors (Lipinski definition) is 1. The predicted molar refractivity (Wildman–Crippen MR) is 135 cm³/mol. The third kappa shape index (κ3) is 3.73. The number of rotatable bonds is 4. The summed E-state index contributed by atoms with van der Waals surface area (Å²) in [4.78, 5) is 24.3. The number of carbonyl (C=O) groups is 1. The molecule has 0 bridgehead atoms. The van der Waals surface area contributed by atoms with Crippen molar-refractivity contribution < 1.29 is 14.5 Å². The largest absolute Gasteiger partial charge is 0.423 e. The van der Waals surface area contributed by atoms with E-state index in [0.29, 0.717) is 11.3 Å². The molecule has 0 saturated carbocycles. The van der Waals surface area contributed by atoms with Gasteiger partial charge in [0.2, 0.25) is 0 Å². The minimum Gasteiger partial charge on any atom is -0.423 e. The molecule has 0 unspecified atom stereocenters. The van der Waals surface area contributed by atoms with Crippen LogP contribution in [0.5, 0.6) is 5.75 Å². The summed E-state index contributed by atoms with van der Waals surface area (Å²) in [6, 6.07) is 25.7. The Balaban J connectivity index is 1.36. The molecule has 35 heavy (non-hydrogen) atoms. The number of para-hydroxylation sites is 1. The van der Waals surface area contributed by atoms with E-state index in [1.165, 1.54) is 6.07 Å². The normalized spacial score (nSPS) is 20.1.